The van der Waals surface area contributed by atoms with Gasteiger partial charge in [-0.05, 0) is 65.2 Å². The monoisotopic (exact) mass is 452 g/mol. The van der Waals surface area contributed by atoms with Crippen molar-refractivity contribution in [2.24, 2.45) is 0 Å². The quantitative estimate of drug-likeness (QED) is 0.546. The molecule has 0 unspecified atom stereocenters. The van der Waals surface area contributed by atoms with Crippen molar-refractivity contribution >= 4 is 5.69 Å². The third-order valence-electron chi connectivity index (χ3n) is 6.51. The van der Waals surface area contributed by atoms with Crippen LogP contribution in [-0.2, 0) is 11.3 Å². The number of anilines is 1. The molecule has 9 heteroatoms. The number of benzene rings is 2. The number of hydrogen-bond acceptors (Lipinski definition) is 7. The van der Waals surface area contributed by atoms with Crippen molar-refractivity contribution in [3.05, 3.63) is 65.7 Å². The average Bonchev–Trinajstić information content (AvgIpc) is 3.54. The van der Waals surface area contributed by atoms with Gasteiger partial charge in [-0.15, -0.1) is 5.10 Å². The number of ether oxygens (including phenoxy) is 2. The lowest BCUT2D eigenvalue weighted by Gasteiger charge is -2.40. The first-order valence-electron chi connectivity index (χ1n) is 11.5. The third-order valence-corrected chi connectivity index (χ3v) is 6.51. The SMILES string of the molecule is COc1ccc([C@@H](c2nnnn2C[C@H]2CCCO2)N2CCN(c3ccc(F)cc3)CC2)cc1. The Morgan fingerprint density at radius 2 is 1.82 bits per heavy atom. The Hall–Kier alpha value is -3.04. The van der Waals surface area contributed by atoms with Crippen molar-refractivity contribution in [2.75, 3.05) is 44.8 Å². The molecule has 8 nitrogen and oxygen atoms in total. The van der Waals surface area contributed by atoms with E-state index in [1.807, 2.05) is 28.9 Å². The van der Waals surface area contributed by atoms with Crippen molar-refractivity contribution in [1.29, 1.82) is 0 Å². The van der Waals surface area contributed by atoms with Gasteiger partial charge in [0.25, 0.3) is 0 Å². The van der Waals surface area contributed by atoms with E-state index >= 15 is 0 Å². The van der Waals surface area contributed by atoms with E-state index in [4.69, 9.17) is 9.47 Å². The molecule has 0 bridgehead atoms. The Balaban J connectivity index is 1.39. The molecule has 2 aromatic carbocycles. The Labute approximate surface area is 192 Å². The second kappa shape index (κ2) is 9.84. The van der Waals surface area contributed by atoms with E-state index < -0.39 is 0 Å². The second-order valence-corrected chi connectivity index (χ2v) is 8.53. The first-order valence-corrected chi connectivity index (χ1v) is 11.5. The van der Waals surface area contributed by atoms with Gasteiger partial charge in [0.1, 0.15) is 11.6 Å². The van der Waals surface area contributed by atoms with Gasteiger partial charge in [0.05, 0.1) is 25.8 Å². The third kappa shape index (κ3) is 4.84. The maximum absolute atomic E-state index is 13.3. The highest BCUT2D eigenvalue weighted by atomic mass is 19.1. The summed E-state index contributed by atoms with van der Waals surface area (Å²) in [6, 6.07) is 14.8. The van der Waals surface area contributed by atoms with Crippen LogP contribution in [-0.4, -0.2) is 71.1 Å². The van der Waals surface area contributed by atoms with Crippen molar-refractivity contribution in [1.82, 2.24) is 25.1 Å². The molecular weight excluding hydrogens is 423 g/mol. The van der Waals surface area contributed by atoms with Crippen LogP contribution in [0, 0.1) is 5.82 Å². The molecule has 1 aromatic heterocycles. The summed E-state index contributed by atoms with van der Waals surface area (Å²) >= 11 is 0. The molecule has 0 amide bonds. The normalized spacial score (nSPS) is 20.2. The van der Waals surface area contributed by atoms with Gasteiger partial charge in [0, 0.05) is 38.5 Å². The second-order valence-electron chi connectivity index (χ2n) is 8.53. The Morgan fingerprint density at radius 1 is 1.06 bits per heavy atom. The largest absolute Gasteiger partial charge is 0.497 e. The van der Waals surface area contributed by atoms with Gasteiger partial charge >= 0.3 is 0 Å². The van der Waals surface area contributed by atoms with Crippen LogP contribution in [0.4, 0.5) is 10.1 Å². The van der Waals surface area contributed by atoms with E-state index in [-0.39, 0.29) is 18.0 Å². The van der Waals surface area contributed by atoms with Crippen molar-refractivity contribution in [3.8, 4) is 5.75 Å². The molecule has 0 N–H and O–H groups in total. The van der Waals surface area contributed by atoms with Crippen LogP contribution in [0.2, 0.25) is 0 Å². The molecule has 0 radical (unpaired) electrons. The molecule has 0 spiro atoms. The minimum Gasteiger partial charge on any atom is -0.497 e. The number of halogens is 1. The van der Waals surface area contributed by atoms with Crippen LogP contribution in [0.5, 0.6) is 5.75 Å². The van der Waals surface area contributed by atoms with E-state index in [0.717, 1.165) is 68.5 Å². The maximum Gasteiger partial charge on any atom is 0.173 e. The summed E-state index contributed by atoms with van der Waals surface area (Å²) < 4.78 is 26.4. The van der Waals surface area contributed by atoms with Crippen molar-refractivity contribution in [2.45, 2.75) is 31.5 Å². The van der Waals surface area contributed by atoms with Gasteiger partial charge in [0.2, 0.25) is 0 Å². The number of tetrazole rings is 1. The fraction of sp³-hybridized carbons (Fsp3) is 0.458. The number of hydrogen-bond donors (Lipinski definition) is 0. The van der Waals surface area contributed by atoms with Gasteiger partial charge in [0.15, 0.2) is 5.82 Å². The average molecular weight is 453 g/mol. The lowest BCUT2D eigenvalue weighted by Crippen LogP contribution is -2.48. The number of methoxy groups -OCH3 is 1. The zero-order valence-corrected chi connectivity index (χ0v) is 18.8. The zero-order valence-electron chi connectivity index (χ0n) is 18.8. The fourth-order valence-corrected chi connectivity index (χ4v) is 4.72. The van der Waals surface area contributed by atoms with Gasteiger partial charge < -0.3 is 14.4 Å². The minimum atomic E-state index is -0.213. The lowest BCUT2D eigenvalue weighted by atomic mass is 10.0. The number of aromatic nitrogens is 4. The molecule has 2 aliphatic rings. The van der Waals surface area contributed by atoms with E-state index in [1.165, 1.54) is 12.1 Å². The van der Waals surface area contributed by atoms with Crippen LogP contribution in [0.15, 0.2) is 48.5 Å². The molecule has 0 aliphatic carbocycles. The van der Waals surface area contributed by atoms with E-state index in [1.54, 1.807) is 7.11 Å². The summed E-state index contributed by atoms with van der Waals surface area (Å²) in [6.45, 7) is 4.80. The summed E-state index contributed by atoms with van der Waals surface area (Å²) in [5.74, 6) is 1.43. The molecular formula is C24H29FN6O2. The van der Waals surface area contributed by atoms with Crippen LogP contribution in [0.25, 0.3) is 0 Å². The highest BCUT2D eigenvalue weighted by molar-refractivity contribution is 5.46. The van der Waals surface area contributed by atoms with Crippen molar-refractivity contribution in [3.63, 3.8) is 0 Å². The Bertz CT molecular complexity index is 1030. The minimum absolute atomic E-state index is 0.0809. The van der Waals surface area contributed by atoms with Gasteiger partial charge in [-0.25, -0.2) is 9.07 Å². The maximum atomic E-state index is 13.3. The van der Waals surface area contributed by atoms with E-state index in [9.17, 15) is 4.39 Å². The molecule has 3 heterocycles. The standard InChI is InChI=1S/C24H29FN6O2/c1-32-21-10-4-18(5-11-21)23(24-26-27-28-31(24)17-22-3-2-16-33-22)30-14-12-29(13-15-30)20-8-6-19(25)7-9-20/h4-11,22-23H,2-3,12-17H2,1H3/t22-,23+/m1/s1. The van der Waals surface area contributed by atoms with Crippen LogP contribution in [0.3, 0.4) is 0 Å². The highest BCUT2D eigenvalue weighted by Crippen LogP contribution is 2.31. The molecule has 33 heavy (non-hydrogen) atoms. The summed E-state index contributed by atoms with van der Waals surface area (Å²) in [7, 11) is 1.67. The molecule has 2 fully saturated rings. The summed E-state index contributed by atoms with van der Waals surface area (Å²) in [5, 5.41) is 12.8. The molecule has 0 saturated carbocycles. The molecule has 3 aromatic rings. The zero-order chi connectivity index (χ0) is 22.6. The predicted molar refractivity (Wildman–Crippen MR) is 122 cm³/mol. The first kappa shape index (κ1) is 21.8. The summed E-state index contributed by atoms with van der Waals surface area (Å²) in [4.78, 5) is 4.70. The number of rotatable bonds is 7. The fourth-order valence-electron chi connectivity index (χ4n) is 4.72. The summed E-state index contributed by atoms with van der Waals surface area (Å²) in [6.07, 6.45) is 2.26. The Kier molecular flexibility index (Phi) is 6.50. The molecule has 2 atom stereocenters. The molecule has 174 valence electrons. The van der Waals surface area contributed by atoms with Gasteiger partial charge in [-0.1, -0.05) is 12.1 Å². The highest BCUT2D eigenvalue weighted by Gasteiger charge is 2.31. The van der Waals surface area contributed by atoms with Crippen LogP contribution in [0.1, 0.15) is 30.3 Å². The smallest absolute Gasteiger partial charge is 0.173 e. The molecule has 5 rings (SSSR count). The van der Waals surface area contributed by atoms with Gasteiger partial charge in [-0.3, -0.25) is 4.90 Å². The predicted octanol–water partition coefficient (Wildman–Crippen LogP) is 2.91. The topological polar surface area (TPSA) is 68.5 Å². The van der Waals surface area contributed by atoms with Crippen molar-refractivity contribution < 1.29 is 13.9 Å². The van der Waals surface area contributed by atoms with E-state index in [0.29, 0.717) is 6.54 Å². The number of nitrogens with zero attached hydrogens (tertiary/aromatic N) is 6. The first-order chi connectivity index (χ1) is 16.2. The summed E-state index contributed by atoms with van der Waals surface area (Å²) in [5.41, 5.74) is 2.16. The molecule has 2 aliphatic heterocycles. The van der Waals surface area contributed by atoms with Gasteiger partial charge in [-0.2, -0.15) is 0 Å². The number of piperazine rings is 1. The molecule has 2 saturated heterocycles. The van der Waals surface area contributed by atoms with Crippen LogP contribution >= 0.6 is 0 Å². The van der Waals surface area contributed by atoms with Crippen LogP contribution < -0.4 is 9.64 Å². The van der Waals surface area contributed by atoms with E-state index in [2.05, 4.69) is 37.5 Å². The Morgan fingerprint density at radius 3 is 2.48 bits per heavy atom. The lowest BCUT2D eigenvalue weighted by molar-refractivity contribution is 0.0906.